The molecular formula is C38H60O3. The van der Waals surface area contributed by atoms with E-state index in [1.54, 1.807) is 0 Å². The second-order valence-electron chi connectivity index (χ2n) is 12.6. The topological polar surface area (TPSA) is 43.4 Å². The molecule has 41 heavy (non-hydrogen) atoms. The van der Waals surface area contributed by atoms with E-state index in [4.69, 9.17) is 4.74 Å². The van der Waals surface area contributed by atoms with Crippen molar-refractivity contribution in [3.63, 3.8) is 0 Å². The first-order chi connectivity index (χ1) is 19.7. The minimum absolute atomic E-state index is 0.232. The molecule has 0 amide bonds. The zero-order valence-electron chi connectivity index (χ0n) is 27.4. The van der Waals surface area contributed by atoms with Gasteiger partial charge in [-0.15, -0.1) is 0 Å². The molecule has 230 valence electrons. The Kier molecular flexibility index (Phi) is 19.8. The SMILES string of the molecule is CCCCCCCCC=CCCCCCCCC(=O)OC(=O)C=C(C)C=CC=C(C)C=CC1=C(C)CCCC1(C)C. The number of ether oxygens (including phenoxy) is 1. The lowest BCUT2D eigenvalue weighted by Crippen LogP contribution is -2.19. The van der Waals surface area contributed by atoms with Crippen molar-refractivity contribution in [2.24, 2.45) is 5.41 Å². The summed E-state index contributed by atoms with van der Waals surface area (Å²) in [7, 11) is 0. The lowest BCUT2D eigenvalue weighted by atomic mass is 9.72. The first-order valence-electron chi connectivity index (χ1n) is 16.5. The summed E-state index contributed by atoms with van der Waals surface area (Å²) in [4.78, 5) is 24.1. The number of rotatable bonds is 20. The van der Waals surface area contributed by atoms with Crippen molar-refractivity contribution in [3.05, 3.63) is 70.9 Å². The first kappa shape index (κ1) is 36.6. The summed E-state index contributed by atoms with van der Waals surface area (Å²) < 4.78 is 4.97. The molecule has 1 aliphatic rings. The average molecular weight is 565 g/mol. The quantitative estimate of drug-likeness (QED) is 0.0369. The highest BCUT2D eigenvalue weighted by molar-refractivity contribution is 5.92. The Balaban J connectivity index is 2.20. The summed E-state index contributed by atoms with van der Waals surface area (Å²) in [6.07, 6.45) is 36.0. The monoisotopic (exact) mass is 564 g/mol. The van der Waals surface area contributed by atoms with Crippen LogP contribution < -0.4 is 0 Å². The van der Waals surface area contributed by atoms with Crippen molar-refractivity contribution in [2.45, 2.75) is 151 Å². The molecule has 3 heteroatoms. The highest BCUT2D eigenvalue weighted by Crippen LogP contribution is 2.40. The molecule has 0 N–H and O–H groups in total. The predicted molar refractivity (Wildman–Crippen MR) is 177 cm³/mol. The second-order valence-corrected chi connectivity index (χ2v) is 12.6. The van der Waals surface area contributed by atoms with Gasteiger partial charge in [0.25, 0.3) is 0 Å². The van der Waals surface area contributed by atoms with Crippen molar-refractivity contribution in [1.29, 1.82) is 0 Å². The summed E-state index contributed by atoms with van der Waals surface area (Å²) in [6.45, 7) is 13.1. The van der Waals surface area contributed by atoms with E-state index in [2.05, 4.69) is 58.9 Å². The van der Waals surface area contributed by atoms with Gasteiger partial charge in [0.15, 0.2) is 0 Å². The fourth-order valence-corrected chi connectivity index (χ4v) is 5.40. The third-order valence-electron chi connectivity index (χ3n) is 7.98. The van der Waals surface area contributed by atoms with E-state index < -0.39 is 11.9 Å². The number of carbonyl (C=O) groups is 2. The van der Waals surface area contributed by atoms with Gasteiger partial charge < -0.3 is 4.74 Å². The van der Waals surface area contributed by atoms with Gasteiger partial charge >= 0.3 is 11.9 Å². The van der Waals surface area contributed by atoms with Gasteiger partial charge in [-0.05, 0) is 88.7 Å². The molecule has 0 bridgehead atoms. The van der Waals surface area contributed by atoms with Crippen LogP contribution in [-0.2, 0) is 14.3 Å². The van der Waals surface area contributed by atoms with E-state index in [-0.39, 0.29) is 5.41 Å². The molecule has 1 aliphatic carbocycles. The number of hydrogen-bond acceptors (Lipinski definition) is 3. The summed E-state index contributed by atoms with van der Waals surface area (Å²) in [6, 6.07) is 0. The number of esters is 2. The number of allylic oxidation sites excluding steroid dienone is 11. The molecule has 0 aliphatic heterocycles. The van der Waals surface area contributed by atoms with E-state index in [1.165, 1.54) is 94.3 Å². The predicted octanol–water partition coefficient (Wildman–Crippen LogP) is 11.6. The van der Waals surface area contributed by atoms with E-state index in [1.807, 2.05) is 25.2 Å². The molecular weight excluding hydrogens is 504 g/mol. The van der Waals surface area contributed by atoms with Gasteiger partial charge in [-0.25, -0.2) is 4.79 Å². The second kappa shape index (κ2) is 22.2. The molecule has 0 heterocycles. The molecule has 1 rings (SSSR count). The normalized spacial score (nSPS) is 16.4. The molecule has 0 aromatic heterocycles. The van der Waals surface area contributed by atoms with Gasteiger partial charge in [0.2, 0.25) is 0 Å². The van der Waals surface area contributed by atoms with Crippen LogP contribution in [0, 0.1) is 5.41 Å². The van der Waals surface area contributed by atoms with E-state index in [9.17, 15) is 9.59 Å². The van der Waals surface area contributed by atoms with Crippen LogP contribution in [0.2, 0.25) is 0 Å². The molecule has 0 radical (unpaired) electrons. The smallest absolute Gasteiger partial charge is 0.338 e. The fourth-order valence-electron chi connectivity index (χ4n) is 5.40. The van der Waals surface area contributed by atoms with Gasteiger partial charge in [-0.1, -0.05) is 126 Å². The third kappa shape index (κ3) is 18.6. The van der Waals surface area contributed by atoms with Crippen LogP contribution >= 0.6 is 0 Å². The molecule has 0 saturated heterocycles. The van der Waals surface area contributed by atoms with Gasteiger partial charge in [0.1, 0.15) is 0 Å². The number of unbranched alkanes of at least 4 members (excludes halogenated alkanes) is 11. The number of carbonyl (C=O) groups excluding carboxylic acids is 2. The molecule has 0 saturated carbocycles. The van der Waals surface area contributed by atoms with E-state index in [0.29, 0.717) is 6.42 Å². The Morgan fingerprint density at radius 1 is 0.829 bits per heavy atom. The molecule has 0 aromatic rings. The maximum atomic E-state index is 12.1. The van der Waals surface area contributed by atoms with Crippen molar-refractivity contribution >= 4 is 11.9 Å². The van der Waals surface area contributed by atoms with Gasteiger partial charge in [0, 0.05) is 12.5 Å². The Hall–Kier alpha value is -2.42. The highest BCUT2D eigenvalue weighted by atomic mass is 16.6. The maximum Gasteiger partial charge on any atom is 0.338 e. The summed E-state index contributed by atoms with van der Waals surface area (Å²) in [5.41, 5.74) is 5.07. The van der Waals surface area contributed by atoms with Crippen LogP contribution in [0.5, 0.6) is 0 Å². The molecule has 0 spiro atoms. The summed E-state index contributed by atoms with van der Waals surface area (Å²) in [5.74, 6) is -1.02. The van der Waals surface area contributed by atoms with Crippen LogP contribution in [0.4, 0.5) is 0 Å². The lowest BCUT2D eigenvalue weighted by Gasteiger charge is -2.32. The molecule has 0 aromatic carbocycles. The summed E-state index contributed by atoms with van der Waals surface area (Å²) in [5, 5.41) is 0. The molecule has 3 nitrogen and oxygen atoms in total. The van der Waals surface area contributed by atoms with E-state index >= 15 is 0 Å². The lowest BCUT2D eigenvalue weighted by molar-refractivity contribution is -0.156. The highest BCUT2D eigenvalue weighted by Gasteiger charge is 2.26. The van der Waals surface area contributed by atoms with E-state index in [0.717, 1.165) is 36.8 Å². The number of hydrogen-bond donors (Lipinski definition) is 0. The first-order valence-corrected chi connectivity index (χ1v) is 16.5. The van der Waals surface area contributed by atoms with Gasteiger partial charge in [-0.3, -0.25) is 4.79 Å². The molecule has 0 fully saturated rings. The van der Waals surface area contributed by atoms with Crippen LogP contribution in [0.25, 0.3) is 0 Å². The zero-order chi connectivity index (χ0) is 30.3. The molecule has 0 unspecified atom stereocenters. The third-order valence-corrected chi connectivity index (χ3v) is 7.98. The van der Waals surface area contributed by atoms with Crippen molar-refractivity contribution < 1.29 is 14.3 Å². The van der Waals surface area contributed by atoms with Crippen LogP contribution in [0.15, 0.2) is 70.9 Å². The maximum absolute atomic E-state index is 12.1. The Labute approximate surface area is 253 Å². The van der Waals surface area contributed by atoms with Gasteiger partial charge in [-0.2, -0.15) is 0 Å². The minimum atomic E-state index is -0.590. The Morgan fingerprint density at radius 3 is 2.07 bits per heavy atom. The standard InChI is InChI=1S/C38H60O3/c1-7-8-9-10-11-12-13-14-15-16-17-18-19-20-21-27-36(39)41-37(40)31-33(3)25-22-24-32(2)28-29-35-34(4)26-23-30-38(35,5)6/h14-15,22,24-25,28-29,31H,7-13,16-21,23,26-27,30H2,1-6H3. The van der Waals surface area contributed by atoms with Crippen LogP contribution in [0.1, 0.15) is 151 Å². The van der Waals surface area contributed by atoms with Crippen LogP contribution in [0.3, 0.4) is 0 Å². The largest absolute Gasteiger partial charge is 0.390 e. The van der Waals surface area contributed by atoms with Gasteiger partial charge in [0.05, 0.1) is 0 Å². The van der Waals surface area contributed by atoms with Crippen molar-refractivity contribution in [1.82, 2.24) is 0 Å². The van der Waals surface area contributed by atoms with Crippen LogP contribution in [-0.4, -0.2) is 11.9 Å². The van der Waals surface area contributed by atoms with Crippen molar-refractivity contribution in [3.8, 4) is 0 Å². The average Bonchev–Trinajstić information content (AvgIpc) is 2.90. The Morgan fingerprint density at radius 2 is 1.44 bits per heavy atom. The minimum Gasteiger partial charge on any atom is -0.390 e. The van der Waals surface area contributed by atoms with Crippen molar-refractivity contribution in [2.75, 3.05) is 0 Å². The molecule has 0 atom stereocenters. The Bertz CT molecular complexity index is 952. The fraction of sp³-hybridized carbons (Fsp3) is 0.632. The summed E-state index contributed by atoms with van der Waals surface area (Å²) >= 11 is 0. The zero-order valence-corrected chi connectivity index (χ0v) is 27.4.